The van der Waals surface area contributed by atoms with E-state index in [9.17, 15) is 4.21 Å². The topological polar surface area (TPSA) is 59.8 Å². The number of nitrogens with one attached hydrogen (secondary N) is 1. The third kappa shape index (κ3) is 4.57. The highest BCUT2D eigenvalue weighted by molar-refractivity contribution is 7.84. The Morgan fingerprint density at radius 3 is 2.84 bits per heavy atom. The van der Waals surface area contributed by atoms with Gasteiger partial charge in [0.2, 0.25) is 0 Å². The van der Waals surface area contributed by atoms with Gasteiger partial charge in [0.1, 0.15) is 0 Å². The molecule has 1 heterocycles. The smallest absolute Gasteiger partial charge is 0.0969 e. The summed E-state index contributed by atoms with van der Waals surface area (Å²) in [6.45, 7) is 1.53. The molecular weight excluding hydrogens is 260 g/mol. The summed E-state index contributed by atoms with van der Waals surface area (Å²) in [5.74, 6) is 0.740. The molecular formula is C13H18N4OS. The third-order valence-electron chi connectivity index (χ3n) is 2.62. The summed E-state index contributed by atoms with van der Waals surface area (Å²) in [6.07, 6.45) is 4.40. The lowest BCUT2D eigenvalue weighted by atomic mass is 10.3. The van der Waals surface area contributed by atoms with Crippen LogP contribution in [0.3, 0.4) is 0 Å². The van der Waals surface area contributed by atoms with E-state index in [0.717, 1.165) is 30.1 Å². The van der Waals surface area contributed by atoms with E-state index in [2.05, 4.69) is 15.5 Å². The lowest BCUT2D eigenvalue weighted by molar-refractivity contribution is 0.646. The van der Waals surface area contributed by atoms with Gasteiger partial charge >= 0.3 is 0 Å². The van der Waals surface area contributed by atoms with Gasteiger partial charge in [-0.3, -0.25) is 4.21 Å². The van der Waals surface area contributed by atoms with Crippen LogP contribution in [0.4, 0.5) is 0 Å². The van der Waals surface area contributed by atoms with Gasteiger partial charge in [-0.05, 0) is 25.1 Å². The van der Waals surface area contributed by atoms with Gasteiger partial charge in [-0.25, -0.2) is 0 Å². The molecule has 1 atom stereocenters. The summed E-state index contributed by atoms with van der Waals surface area (Å²) in [7, 11) is -0.706. The molecule has 19 heavy (non-hydrogen) atoms. The summed E-state index contributed by atoms with van der Waals surface area (Å²) >= 11 is 0. The molecule has 0 saturated heterocycles. The van der Waals surface area contributed by atoms with Crippen LogP contribution in [0.2, 0.25) is 0 Å². The van der Waals surface area contributed by atoms with Crippen LogP contribution in [0.5, 0.6) is 0 Å². The first-order chi connectivity index (χ1) is 9.25. The maximum absolute atomic E-state index is 10.9. The van der Waals surface area contributed by atoms with Crippen molar-refractivity contribution in [2.45, 2.75) is 13.0 Å². The number of nitrogens with zero attached hydrogens (tertiary/aromatic N) is 3. The highest BCUT2D eigenvalue weighted by Gasteiger charge is 2.01. The molecule has 2 aromatic rings. The van der Waals surface area contributed by atoms with Crippen LogP contribution in [0, 0.1) is 0 Å². The minimum atomic E-state index is -0.706. The molecule has 5 nitrogen and oxygen atoms in total. The second kappa shape index (κ2) is 7.16. The first-order valence-electron chi connectivity index (χ1n) is 6.23. The summed E-state index contributed by atoms with van der Waals surface area (Å²) < 4.78 is 10.9. The molecule has 0 fully saturated rings. The van der Waals surface area contributed by atoms with Gasteiger partial charge in [-0.2, -0.15) is 15.0 Å². The third-order valence-corrected chi connectivity index (χ3v) is 3.48. The van der Waals surface area contributed by atoms with Crippen LogP contribution in [0.15, 0.2) is 36.5 Å². The fourth-order valence-corrected chi connectivity index (χ4v) is 2.23. The molecule has 0 saturated carbocycles. The SMILES string of the molecule is CS(=O)CCCNCc1cnn(-c2ccccc2)n1. The molecule has 0 aliphatic rings. The van der Waals surface area contributed by atoms with Crippen molar-refractivity contribution in [1.29, 1.82) is 0 Å². The first kappa shape index (κ1) is 13.9. The quantitative estimate of drug-likeness (QED) is 0.771. The Morgan fingerprint density at radius 2 is 2.11 bits per heavy atom. The zero-order valence-electron chi connectivity index (χ0n) is 11.0. The molecule has 0 amide bonds. The van der Waals surface area contributed by atoms with E-state index < -0.39 is 10.8 Å². The van der Waals surface area contributed by atoms with E-state index in [4.69, 9.17) is 0 Å². The highest BCUT2D eigenvalue weighted by Crippen LogP contribution is 2.03. The van der Waals surface area contributed by atoms with Crippen LogP contribution in [0.25, 0.3) is 5.69 Å². The zero-order valence-corrected chi connectivity index (χ0v) is 11.8. The van der Waals surface area contributed by atoms with E-state index in [1.165, 1.54) is 0 Å². The van der Waals surface area contributed by atoms with Gasteiger partial charge in [-0.1, -0.05) is 18.2 Å². The second-order valence-corrected chi connectivity index (χ2v) is 5.82. The standard InChI is InChI=1S/C13H18N4OS/c1-19(18)9-5-8-14-10-12-11-15-17(16-12)13-6-3-2-4-7-13/h2-4,6-7,11,14H,5,8-10H2,1H3. The predicted molar refractivity (Wildman–Crippen MR) is 76.6 cm³/mol. The second-order valence-electron chi connectivity index (χ2n) is 4.27. The highest BCUT2D eigenvalue weighted by atomic mass is 32.2. The molecule has 1 aromatic carbocycles. The minimum absolute atomic E-state index is 0.684. The summed E-state index contributed by atoms with van der Waals surface area (Å²) in [6, 6.07) is 9.82. The Kier molecular flexibility index (Phi) is 5.23. The number of benzene rings is 1. The molecule has 1 unspecified atom stereocenters. The molecule has 102 valence electrons. The predicted octanol–water partition coefficient (Wildman–Crippen LogP) is 1.13. The Morgan fingerprint density at radius 1 is 1.32 bits per heavy atom. The van der Waals surface area contributed by atoms with Gasteiger partial charge < -0.3 is 5.32 Å². The molecule has 0 aliphatic heterocycles. The number of rotatable bonds is 7. The van der Waals surface area contributed by atoms with Crippen molar-refractivity contribution < 1.29 is 4.21 Å². The van der Waals surface area contributed by atoms with Crippen molar-refractivity contribution in [2.75, 3.05) is 18.6 Å². The van der Waals surface area contributed by atoms with Gasteiger partial charge in [-0.15, -0.1) is 0 Å². The van der Waals surface area contributed by atoms with Crippen LogP contribution >= 0.6 is 0 Å². The normalized spacial score (nSPS) is 12.5. The number of hydrogen-bond acceptors (Lipinski definition) is 4. The number of hydrogen-bond donors (Lipinski definition) is 1. The van der Waals surface area contributed by atoms with Gasteiger partial charge in [0.25, 0.3) is 0 Å². The molecule has 0 bridgehead atoms. The molecule has 0 radical (unpaired) electrons. The molecule has 1 aromatic heterocycles. The fourth-order valence-electron chi connectivity index (χ4n) is 1.68. The van der Waals surface area contributed by atoms with Crippen LogP contribution in [0.1, 0.15) is 12.1 Å². The molecule has 1 N–H and O–H groups in total. The van der Waals surface area contributed by atoms with Crippen molar-refractivity contribution in [2.24, 2.45) is 0 Å². The Bertz CT molecular complexity index is 526. The summed E-state index contributed by atoms with van der Waals surface area (Å²) in [5.41, 5.74) is 1.86. The van der Waals surface area contributed by atoms with Crippen LogP contribution < -0.4 is 5.32 Å². The lowest BCUT2D eigenvalue weighted by Crippen LogP contribution is -2.17. The van der Waals surface area contributed by atoms with Crippen molar-refractivity contribution in [3.63, 3.8) is 0 Å². The van der Waals surface area contributed by atoms with Gasteiger partial charge in [0, 0.05) is 29.4 Å². The maximum Gasteiger partial charge on any atom is 0.0969 e. The molecule has 0 aliphatic carbocycles. The lowest BCUT2D eigenvalue weighted by Gasteiger charge is -2.01. The van der Waals surface area contributed by atoms with Gasteiger partial charge in [0.05, 0.1) is 17.6 Å². The number of aromatic nitrogens is 3. The van der Waals surface area contributed by atoms with E-state index in [-0.39, 0.29) is 0 Å². The average Bonchev–Trinajstić information content (AvgIpc) is 2.88. The summed E-state index contributed by atoms with van der Waals surface area (Å²) in [5, 5.41) is 11.9. The first-order valence-corrected chi connectivity index (χ1v) is 7.96. The van der Waals surface area contributed by atoms with Crippen molar-refractivity contribution in [3.05, 3.63) is 42.2 Å². The molecule has 2 rings (SSSR count). The molecule has 6 heteroatoms. The van der Waals surface area contributed by atoms with Crippen molar-refractivity contribution >= 4 is 10.8 Å². The van der Waals surface area contributed by atoms with Crippen molar-refractivity contribution in [1.82, 2.24) is 20.3 Å². The summed E-state index contributed by atoms with van der Waals surface area (Å²) in [4.78, 5) is 1.62. The largest absolute Gasteiger partial charge is 0.311 e. The van der Waals surface area contributed by atoms with Crippen molar-refractivity contribution in [3.8, 4) is 5.69 Å². The zero-order chi connectivity index (χ0) is 13.5. The minimum Gasteiger partial charge on any atom is -0.311 e. The van der Waals surface area contributed by atoms with E-state index in [1.807, 2.05) is 30.3 Å². The Hall–Kier alpha value is -1.53. The maximum atomic E-state index is 10.9. The Labute approximate surface area is 115 Å². The monoisotopic (exact) mass is 278 g/mol. The molecule has 0 spiro atoms. The number of para-hydroxylation sites is 1. The average molecular weight is 278 g/mol. The fraction of sp³-hybridized carbons (Fsp3) is 0.385. The van der Waals surface area contributed by atoms with Crippen LogP contribution in [-0.4, -0.2) is 37.8 Å². The van der Waals surface area contributed by atoms with E-state index in [1.54, 1.807) is 17.2 Å². The Balaban J connectivity index is 1.80. The van der Waals surface area contributed by atoms with Crippen LogP contribution in [-0.2, 0) is 17.3 Å². The van der Waals surface area contributed by atoms with E-state index >= 15 is 0 Å². The van der Waals surface area contributed by atoms with Gasteiger partial charge in [0.15, 0.2) is 0 Å². The van der Waals surface area contributed by atoms with E-state index in [0.29, 0.717) is 6.54 Å².